The molecule has 0 bridgehead atoms. The van der Waals surface area contributed by atoms with Crippen molar-refractivity contribution in [2.24, 2.45) is 0 Å². The Bertz CT molecular complexity index is 387. The molecular formula is C13H19ClN2OS. The maximum atomic E-state index is 11.6. The molecule has 1 amide bonds. The van der Waals surface area contributed by atoms with Gasteiger partial charge in [0, 0.05) is 16.0 Å². The van der Waals surface area contributed by atoms with Crippen molar-refractivity contribution in [3.63, 3.8) is 0 Å². The molecule has 1 aromatic carbocycles. The van der Waals surface area contributed by atoms with Crippen molar-refractivity contribution in [3.05, 3.63) is 29.3 Å². The molecule has 3 nitrogen and oxygen atoms in total. The average Bonchev–Trinajstić information content (AvgIpc) is 2.34. The lowest BCUT2D eigenvalue weighted by Crippen LogP contribution is -2.29. The van der Waals surface area contributed by atoms with Gasteiger partial charge >= 0.3 is 0 Å². The summed E-state index contributed by atoms with van der Waals surface area (Å²) >= 11 is 7.67. The van der Waals surface area contributed by atoms with Gasteiger partial charge in [0.2, 0.25) is 5.91 Å². The molecule has 100 valence electrons. The van der Waals surface area contributed by atoms with Crippen LogP contribution >= 0.6 is 23.4 Å². The number of thioether (sulfide) groups is 1. The van der Waals surface area contributed by atoms with Crippen LogP contribution in [-0.4, -0.2) is 30.5 Å². The maximum absolute atomic E-state index is 11.6. The fourth-order valence-corrected chi connectivity index (χ4v) is 1.94. The number of amides is 1. The van der Waals surface area contributed by atoms with Crippen molar-refractivity contribution in [2.75, 3.05) is 24.7 Å². The van der Waals surface area contributed by atoms with Crippen molar-refractivity contribution >= 4 is 35.0 Å². The minimum atomic E-state index is -0.0472. The number of carbonyl (C=O) groups excluding carboxylic acids is 1. The predicted octanol–water partition coefficient (Wildman–Crippen LogP) is 3.01. The van der Waals surface area contributed by atoms with Crippen LogP contribution in [0.1, 0.15) is 13.3 Å². The van der Waals surface area contributed by atoms with E-state index in [0.717, 1.165) is 18.7 Å². The van der Waals surface area contributed by atoms with Gasteiger partial charge in [-0.25, -0.2) is 0 Å². The van der Waals surface area contributed by atoms with Crippen molar-refractivity contribution in [1.82, 2.24) is 5.32 Å². The minimum absolute atomic E-state index is 0.0472. The highest BCUT2D eigenvalue weighted by Gasteiger charge is 2.03. The van der Waals surface area contributed by atoms with Gasteiger partial charge in [-0.3, -0.25) is 4.79 Å². The maximum Gasteiger partial charge on any atom is 0.238 e. The molecule has 1 aromatic rings. The summed E-state index contributed by atoms with van der Waals surface area (Å²) in [5.41, 5.74) is 0.729. The second-order valence-electron chi connectivity index (χ2n) is 4.07. The average molecular weight is 287 g/mol. The Kier molecular flexibility index (Phi) is 7.16. The molecule has 0 aromatic heterocycles. The van der Waals surface area contributed by atoms with E-state index >= 15 is 0 Å². The molecule has 1 unspecified atom stereocenters. The molecule has 0 aliphatic rings. The Morgan fingerprint density at radius 3 is 2.94 bits per heavy atom. The van der Waals surface area contributed by atoms with Crippen LogP contribution in [0.4, 0.5) is 5.69 Å². The van der Waals surface area contributed by atoms with Crippen LogP contribution in [0.3, 0.4) is 0 Å². The molecule has 0 spiro atoms. The van der Waals surface area contributed by atoms with Crippen molar-refractivity contribution in [2.45, 2.75) is 18.6 Å². The Balaban J connectivity index is 2.22. The molecule has 2 N–H and O–H groups in total. The molecule has 0 fully saturated rings. The summed E-state index contributed by atoms with van der Waals surface area (Å²) in [7, 11) is 0. The zero-order valence-corrected chi connectivity index (χ0v) is 12.3. The van der Waals surface area contributed by atoms with Gasteiger partial charge in [-0.1, -0.05) is 24.6 Å². The van der Waals surface area contributed by atoms with Crippen LogP contribution in [0.2, 0.25) is 5.02 Å². The standard InChI is InChI=1S/C13H19ClN2OS/c1-10(18-2)6-7-15-9-13(17)16-12-5-3-4-11(14)8-12/h3-5,8,10,15H,6-7,9H2,1-2H3,(H,16,17). The highest BCUT2D eigenvalue weighted by atomic mass is 35.5. The molecule has 5 heteroatoms. The summed E-state index contributed by atoms with van der Waals surface area (Å²) in [5.74, 6) is -0.0472. The third kappa shape index (κ3) is 6.28. The van der Waals surface area contributed by atoms with E-state index in [1.54, 1.807) is 12.1 Å². The number of nitrogens with one attached hydrogen (secondary N) is 2. The Morgan fingerprint density at radius 1 is 1.50 bits per heavy atom. The Labute approximate surface area is 118 Å². The zero-order valence-electron chi connectivity index (χ0n) is 10.7. The lowest BCUT2D eigenvalue weighted by atomic mass is 10.3. The highest BCUT2D eigenvalue weighted by Crippen LogP contribution is 2.14. The van der Waals surface area contributed by atoms with E-state index in [4.69, 9.17) is 11.6 Å². The van der Waals surface area contributed by atoms with Gasteiger partial charge in [0.15, 0.2) is 0 Å². The summed E-state index contributed by atoms with van der Waals surface area (Å²) in [5, 5.41) is 7.16. The molecule has 0 saturated carbocycles. The fourth-order valence-electron chi connectivity index (χ4n) is 1.40. The number of halogens is 1. The molecular weight excluding hydrogens is 268 g/mol. The largest absolute Gasteiger partial charge is 0.325 e. The zero-order chi connectivity index (χ0) is 13.4. The van der Waals surface area contributed by atoms with E-state index in [0.29, 0.717) is 16.8 Å². The van der Waals surface area contributed by atoms with Gasteiger partial charge in [0.25, 0.3) is 0 Å². The summed E-state index contributed by atoms with van der Waals surface area (Å²) in [6.07, 6.45) is 3.15. The first-order chi connectivity index (χ1) is 8.61. The van der Waals surface area contributed by atoms with E-state index in [-0.39, 0.29) is 5.91 Å². The van der Waals surface area contributed by atoms with Gasteiger partial charge in [-0.15, -0.1) is 0 Å². The molecule has 0 aliphatic heterocycles. The second kappa shape index (κ2) is 8.40. The van der Waals surface area contributed by atoms with Crippen LogP contribution in [0.5, 0.6) is 0 Å². The summed E-state index contributed by atoms with van der Waals surface area (Å²) < 4.78 is 0. The number of carbonyl (C=O) groups is 1. The van der Waals surface area contributed by atoms with Gasteiger partial charge < -0.3 is 10.6 Å². The predicted molar refractivity (Wildman–Crippen MR) is 80.5 cm³/mol. The van der Waals surface area contributed by atoms with Crippen LogP contribution in [0.25, 0.3) is 0 Å². The third-order valence-corrected chi connectivity index (χ3v) is 3.80. The topological polar surface area (TPSA) is 41.1 Å². The van der Waals surface area contributed by atoms with Crippen LogP contribution in [-0.2, 0) is 4.79 Å². The van der Waals surface area contributed by atoms with Gasteiger partial charge in [-0.2, -0.15) is 11.8 Å². The number of anilines is 1. The van der Waals surface area contributed by atoms with Crippen LogP contribution < -0.4 is 10.6 Å². The quantitative estimate of drug-likeness (QED) is 0.757. The molecule has 0 saturated heterocycles. The molecule has 0 heterocycles. The summed E-state index contributed by atoms with van der Waals surface area (Å²) in [6, 6.07) is 7.14. The number of hydrogen-bond donors (Lipinski definition) is 2. The number of hydrogen-bond acceptors (Lipinski definition) is 3. The van der Waals surface area contributed by atoms with E-state index in [2.05, 4.69) is 23.8 Å². The normalized spacial score (nSPS) is 12.2. The van der Waals surface area contributed by atoms with Gasteiger partial charge in [0.1, 0.15) is 0 Å². The highest BCUT2D eigenvalue weighted by molar-refractivity contribution is 7.99. The van der Waals surface area contributed by atoms with E-state index in [1.807, 2.05) is 23.9 Å². The van der Waals surface area contributed by atoms with E-state index in [9.17, 15) is 4.79 Å². The lowest BCUT2D eigenvalue weighted by Gasteiger charge is -2.09. The molecule has 0 aliphatic carbocycles. The lowest BCUT2D eigenvalue weighted by molar-refractivity contribution is -0.115. The fraction of sp³-hybridized carbons (Fsp3) is 0.462. The summed E-state index contributed by atoms with van der Waals surface area (Å²) in [6.45, 7) is 3.36. The minimum Gasteiger partial charge on any atom is -0.325 e. The second-order valence-corrected chi connectivity index (χ2v) is 5.78. The van der Waals surface area contributed by atoms with Crippen molar-refractivity contribution in [1.29, 1.82) is 0 Å². The van der Waals surface area contributed by atoms with Crippen LogP contribution in [0.15, 0.2) is 24.3 Å². The first kappa shape index (κ1) is 15.3. The van der Waals surface area contributed by atoms with Gasteiger partial charge in [0.05, 0.1) is 6.54 Å². The smallest absolute Gasteiger partial charge is 0.238 e. The first-order valence-electron chi connectivity index (χ1n) is 5.90. The third-order valence-electron chi connectivity index (χ3n) is 2.52. The van der Waals surface area contributed by atoms with Crippen molar-refractivity contribution in [3.8, 4) is 0 Å². The number of benzene rings is 1. The van der Waals surface area contributed by atoms with Crippen LogP contribution in [0, 0.1) is 0 Å². The first-order valence-corrected chi connectivity index (χ1v) is 7.57. The van der Waals surface area contributed by atoms with Gasteiger partial charge in [-0.05, 0) is 37.4 Å². The Morgan fingerprint density at radius 2 is 2.28 bits per heavy atom. The monoisotopic (exact) mass is 286 g/mol. The number of rotatable bonds is 7. The van der Waals surface area contributed by atoms with Crippen molar-refractivity contribution < 1.29 is 4.79 Å². The molecule has 0 radical (unpaired) electrons. The van der Waals surface area contributed by atoms with E-state index in [1.165, 1.54) is 0 Å². The SMILES string of the molecule is CSC(C)CCNCC(=O)Nc1cccc(Cl)c1. The Hall–Kier alpha value is -0.710. The summed E-state index contributed by atoms with van der Waals surface area (Å²) in [4.78, 5) is 11.6. The molecule has 1 rings (SSSR count). The molecule has 1 atom stereocenters. The molecule has 18 heavy (non-hydrogen) atoms. The van der Waals surface area contributed by atoms with E-state index < -0.39 is 0 Å².